The zero-order valence-corrected chi connectivity index (χ0v) is 14.4. The molecule has 0 heterocycles. The van der Waals surface area contributed by atoms with E-state index >= 15 is 0 Å². The van der Waals surface area contributed by atoms with Crippen molar-refractivity contribution in [1.82, 2.24) is 5.32 Å². The van der Waals surface area contributed by atoms with E-state index < -0.39 is 0 Å². The second kappa shape index (κ2) is 6.31. The second-order valence-electron chi connectivity index (χ2n) is 5.25. The SMILES string of the molecule is COc1ccc(Cl)cc1C(=O)NC1CCc2ccc(Br)cc21. The molecule has 1 N–H and O–H groups in total. The predicted molar refractivity (Wildman–Crippen MR) is 90.7 cm³/mol. The number of carbonyl (C=O) groups excluding carboxylic acids is 1. The number of halogens is 2. The molecule has 1 amide bonds. The van der Waals surface area contributed by atoms with Gasteiger partial charge in [-0.25, -0.2) is 0 Å². The third-order valence-corrected chi connectivity index (χ3v) is 4.63. The molecule has 1 unspecified atom stereocenters. The molecule has 3 rings (SSSR count). The number of amides is 1. The second-order valence-corrected chi connectivity index (χ2v) is 6.60. The number of benzene rings is 2. The van der Waals surface area contributed by atoms with Gasteiger partial charge in [-0.2, -0.15) is 0 Å². The molecule has 0 saturated heterocycles. The quantitative estimate of drug-likeness (QED) is 0.849. The van der Waals surface area contributed by atoms with Gasteiger partial charge in [-0.3, -0.25) is 4.79 Å². The zero-order valence-electron chi connectivity index (χ0n) is 12.0. The van der Waals surface area contributed by atoms with Crippen molar-refractivity contribution < 1.29 is 9.53 Å². The Morgan fingerprint density at radius 2 is 2.14 bits per heavy atom. The van der Waals surface area contributed by atoms with Gasteiger partial charge in [-0.15, -0.1) is 0 Å². The van der Waals surface area contributed by atoms with Crippen LogP contribution < -0.4 is 10.1 Å². The lowest BCUT2D eigenvalue weighted by Crippen LogP contribution is -2.27. The summed E-state index contributed by atoms with van der Waals surface area (Å²) in [4.78, 5) is 12.6. The molecule has 0 fully saturated rings. The Kier molecular flexibility index (Phi) is 4.41. The molecule has 0 aromatic heterocycles. The first-order valence-corrected chi connectivity index (χ1v) is 8.18. The first-order chi connectivity index (χ1) is 10.6. The highest BCUT2D eigenvalue weighted by molar-refractivity contribution is 9.10. The van der Waals surface area contributed by atoms with Crippen molar-refractivity contribution in [2.75, 3.05) is 7.11 Å². The van der Waals surface area contributed by atoms with Gasteiger partial charge in [-0.05, 0) is 54.3 Å². The number of methoxy groups -OCH3 is 1. The molecule has 5 heteroatoms. The van der Waals surface area contributed by atoms with Crippen LogP contribution in [-0.2, 0) is 6.42 Å². The van der Waals surface area contributed by atoms with Gasteiger partial charge >= 0.3 is 0 Å². The van der Waals surface area contributed by atoms with E-state index in [1.165, 1.54) is 11.1 Å². The van der Waals surface area contributed by atoms with E-state index in [0.717, 1.165) is 17.3 Å². The molecular weight excluding hydrogens is 366 g/mol. The fourth-order valence-corrected chi connectivity index (χ4v) is 3.37. The van der Waals surface area contributed by atoms with Crippen LogP contribution in [0.2, 0.25) is 5.02 Å². The average Bonchev–Trinajstić information content (AvgIpc) is 2.89. The summed E-state index contributed by atoms with van der Waals surface area (Å²) >= 11 is 9.48. The number of hydrogen-bond acceptors (Lipinski definition) is 2. The Balaban J connectivity index is 1.85. The predicted octanol–water partition coefficient (Wildman–Crippen LogP) is 4.53. The first-order valence-electron chi connectivity index (χ1n) is 7.01. The molecule has 114 valence electrons. The van der Waals surface area contributed by atoms with E-state index in [4.69, 9.17) is 16.3 Å². The summed E-state index contributed by atoms with van der Waals surface area (Å²) < 4.78 is 6.27. The van der Waals surface area contributed by atoms with Crippen LogP contribution in [0.3, 0.4) is 0 Å². The van der Waals surface area contributed by atoms with Crippen LogP contribution in [0.25, 0.3) is 0 Å². The smallest absolute Gasteiger partial charge is 0.255 e. The van der Waals surface area contributed by atoms with Crippen LogP contribution >= 0.6 is 27.5 Å². The molecule has 1 aliphatic carbocycles. The topological polar surface area (TPSA) is 38.3 Å². The van der Waals surface area contributed by atoms with Gasteiger partial charge in [0.15, 0.2) is 0 Å². The van der Waals surface area contributed by atoms with Gasteiger partial charge in [-0.1, -0.05) is 33.6 Å². The minimum Gasteiger partial charge on any atom is -0.496 e. The van der Waals surface area contributed by atoms with E-state index in [9.17, 15) is 4.79 Å². The summed E-state index contributed by atoms with van der Waals surface area (Å²) in [7, 11) is 1.54. The molecular formula is C17H15BrClNO2. The molecule has 22 heavy (non-hydrogen) atoms. The molecule has 0 bridgehead atoms. The average molecular weight is 381 g/mol. The van der Waals surface area contributed by atoms with E-state index in [1.807, 2.05) is 6.07 Å². The van der Waals surface area contributed by atoms with Crippen LogP contribution in [0, 0.1) is 0 Å². The summed E-state index contributed by atoms with van der Waals surface area (Å²) in [6.45, 7) is 0. The normalized spacial score (nSPS) is 16.2. The molecule has 1 aliphatic rings. The maximum atomic E-state index is 12.6. The van der Waals surface area contributed by atoms with E-state index in [2.05, 4.69) is 33.4 Å². The third kappa shape index (κ3) is 2.99. The van der Waals surface area contributed by atoms with E-state index in [0.29, 0.717) is 16.3 Å². The molecule has 0 saturated carbocycles. The summed E-state index contributed by atoms with van der Waals surface area (Å²) in [5.41, 5.74) is 2.91. The van der Waals surface area contributed by atoms with E-state index in [-0.39, 0.29) is 11.9 Å². The van der Waals surface area contributed by atoms with Crippen LogP contribution in [-0.4, -0.2) is 13.0 Å². The van der Waals surface area contributed by atoms with Crippen molar-refractivity contribution in [3.63, 3.8) is 0 Å². The molecule has 0 spiro atoms. The fraction of sp³-hybridized carbons (Fsp3) is 0.235. The van der Waals surface area contributed by atoms with Crippen LogP contribution in [0.4, 0.5) is 0 Å². The summed E-state index contributed by atoms with van der Waals surface area (Å²) in [5.74, 6) is 0.353. The number of nitrogens with one attached hydrogen (secondary N) is 1. The highest BCUT2D eigenvalue weighted by Crippen LogP contribution is 2.34. The summed E-state index contributed by atoms with van der Waals surface area (Å²) in [5, 5.41) is 3.60. The minimum atomic E-state index is -0.169. The summed E-state index contributed by atoms with van der Waals surface area (Å²) in [6, 6.07) is 11.3. The van der Waals surface area contributed by atoms with Crippen LogP contribution in [0.15, 0.2) is 40.9 Å². The molecule has 0 aliphatic heterocycles. The Hall–Kier alpha value is -1.52. The third-order valence-electron chi connectivity index (χ3n) is 3.90. The van der Waals surface area contributed by atoms with Gasteiger partial charge < -0.3 is 10.1 Å². The van der Waals surface area contributed by atoms with Crippen molar-refractivity contribution in [3.05, 3.63) is 62.6 Å². The Labute approximate surface area is 142 Å². The fourth-order valence-electron chi connectivity index (χ4n) is 2.82. The van der Waals surface area contributed by atoms with Gasteiger partial charge in [0, 0.05) is 9.50 Å². The number of carbonyl (C=O) groups is 1. The first kappa shape index (κ1) is 15.4. The monoisotopic (exact) mass is 379 g/mol. The van der Waals surface area contributed by atoms with Crippen LogP contribution in [0.5, 0.6) is 5.75 Å². The molecule has 2 aromatic rings. The highest BCUT2D eigenvalue weighted by Gasteiger charge is 2.25. The lowest BCUT2D eigenvalue weighted by molar-refractivity contribution is 0.0933. The Bertz CT molecular complexity index is 733. The number of ether oxygens (including phenoxy) is 1. The number of hydrogen-bond donors (Lipinski definition) is 1. The Morgan fingerprint density at radius 1 is 1.32 bits per heavy atom. The van der Waals surface area contributed by atoms with Crippen molar-refractivity contribution in [2.24, 2.45) is 0 Å². The standard InChI is InChI=1S/C17H15BrClNO2/c1-22-16-7-5-12(19)9-14(16)17(21)20-15-6-3-10-2-4-11(18)8-13(10)15/h2,4-5,7-9,15H,3,6H2,1H3,(H,20,21). The maximum absolute atomic E-state index is 12.6. The largest absolute Gasteiger partial charge is 0.496 e. The van der Waals surface area contributed by atoms with Gasteiger partial charge in [0.1, 0.15) is 5.75 Å². The molecule has 0 radical (unpaired) electrons. The van der Waals surface area contributed by atoms with Gasteiger partial charge in [0.2, 0.25) is 0 Å². The van der Waals surface area contributed by atoms with Crippen molar-refractivity contribution in [2.45, 2.75) is 18.9 Å². The highest BCUT2D eigenvalue weighted by atomic mass is 79.9. The molecule has 2 aromatic carbocycles. The molecule has 1 atom stereocenters. The summed E-state index contributed by atoms with van der Waals surface area (Å²) in [6.07, 6.45) is 1.88. The minimum absolute atomic E-state index is 0.0173. The van der Waals surface area contributed by atoms with Crippen molar-refractivity contribution >= 4 is 33.4 Å². The van der Waals surface area contributed by atoms with Crippen molar-refractivity contribution in [3.8, 4) is 5.75 Å². The van der Waals surface area contributed by atoms with E-state index in [1.54, 1.807) is 25.3 Å². The van der Waals surface area contributed by atoms with Crippen LogP contribution in [0.1, 0.15) is 33.9 Å². The zero-order chi connectivity index (χ0) is 15.7. The maximum Gasteiger partial charge on any atom is 0.255 e. The van der Waals surface area contributed by atoms with Crippen molar-refractivity contribution in [1.29, 1.82) is 0 Å². The van der Waals surface area contributed by atoms with Gasteiger partial charge in [0.05, 0.1) is 18.7 Å². The number of fused-ring (bicyclic) bond motifs is 1. The lowest BCUT2D eigenvalue weighted by atomic mass is 10.1. The number of rotatable bonds is 3. The lowest BCUT2D eigenvalue weighted by Gasteiger charge is -2.16. The van der Waals surface area contributed by atoms with Gasteiger partial charge in [0.25, 0.3) is 5.91 Å². The molecule has 3 nitrogen and oxygen atoms in total. The number of aryl methyl sites for hydroxylation is 1. The Morgan fingerprint density at radius 3 is 2.91 bits per heavy atom.